The van der Waals surface area contributed by atoms with Crippen molar-refractivity contribution < 1.29 is 9.18 Å². The molecule has 2 heterocycles. The molecule has 0 aliphatic carbocycles. The second-order valence-electron chi connectivity index (χ2n) is 4.80. The molecule has 3 N–H and O–H groups in total. The number of hydrogen-bond donors (Lipinski definition) is 3. The lowest BCUT2D eigenvalue weighted by atomic mass is 10.1. The van der Waals surface area contributed by atoms with E-state index in [1.165, 1.54) is 18.3 Å². The predicted molar refractivity (Wildman–Crippen MR) is 84.0 cm³/mol. The van der Waals surface area contributed by atoms with E-state index < -0.39 is 11.9 Å². The van der Waals surface area contributed by atoms with Crippen LogP contribution in [-0.4, -0.2) is 21.1 Å². The molecule has 0 atom stereocenters. The zero-order valence-corrected chi connectivity index (χ0v) is 12.2. The van der Waals surface area contributed by atoms with Crippen LogP contribution in [0.15, 0.2) is 48.7 Å². The lowest BCUT2D eigenvalue weighted by Gasteiger charge is -2.06. The minimum atomic E-state index is -0.604. The van der Waals surface area contributed by atoms with E-state index in [1.807, 2.05) is 6.07 Å². The van der Waals surface area contributed by atoms with Crippen LogP contribution in [0.2, 0.25) is 0 Å². The molecule has 0 unspecified atom stereocenters. The Morgan fingerprint density at radius 2 is 2.00 bits per heavy atom. The van der Waals surface area contributed by atoms with Gasteiger partial charge in [-0.2, -0.15) is 14.8 Å². The largest absolute Gasteiger partial charge is 0.297 e. The van der Waals surface area contributed by atoms with Gasteiger partial charge in [0.1, 0.15) is 5.69 Å². The molecule has 0 aliphatic rings. The second kappa shape index (κ2) is 6.58. The molecule has 0 spiro atoms. The molecule has 0 bridgehead atoms. The summed E-state index contributed by atoms with van der Waals surface area (Å²) in [5.74, 6) is -1.04. The first kappa shape index (κ1) is 15.2. The van der Waals surface area contributed by atoms with Crippen molar-refractivity contribution in [3.05, 3.63) is 65.9 Å². The number of H-pyrrole nitrogens is 1. The highest BCUT2D eigenvalue weighted by Crippen LogP contribution is 2.18. The van der Waals surface area contributed by atoms with Gasteiger partial charge in [0.05, 0.1) is 29.2 Å². The molecule has 1 aromatic carbocycles. The number of hydrazine groups is 1. The van der Waals surface area contributed by atoms with Gasteiger partial charge in [-0.05, 0) is 30.3 Å². The normalized spacial score (nSPS) is 10.0. The van der Waals surface area contributed by atoms with E-state index in [-0.39, 0.29) is 5.69 Å². The Hall–Kier alpha value is -3.73. The number of hydrogen-bond acceptors (Lipinski definition) is 5. The highest BCUT2D eigenvalue weighted by Gasteiger charge is 2.11. The van der Waals surface area contributed by atoms with Gasteiger partial charge in [-0.15, -0.1) is 0 Å². The van der Waals surface area contributed by atoms with E-state index in [9.17, 15) is 9.18 Å². The van der Waals surface area contributed by atoms with Crippen LogP contribution in [-0.2, 0) is 0 Å². The molecule has 2 aromatic heterocycles. The number of amides is 1. The average molecular weight is 322 g/mol. The van der Waals surface area contributed by atoms with Gasteiger partial charge in [-0.1, -0.05) is 12.1 Å². The summed E-state index contributed by atoms with van der Waals surface area (Å²) in [5, 5.41) is 15.5. The number of nitrogens with zero attached hydrogens (tertiary/aromatic N) is 3. The molecule has 0 saturated carbocycles. The van der Waals surface area contributed by atoms with Crippen LogP contribution in [0.1, 0.15) is 16.1 Å². The summed E-state index contributed by atoms with van der Waals surface area (Å²) in [4.78, 5) is 15.5. The van der Waals surface area contributed by atoms with E-state index >= 15 is 0 Å². The summed E-state index contributed by atoms with van der Waals surface area (Å²) in [5.41, 5.74) is 7.66. The van der Waals surface area contributed by atoms with Crippen LogP contribution >= 0.6 is 0 Å². The number of nitriles is 1. The standard InChI is InChI=1S/C16H11FN6O/c17-15-6-5-12(9-19-15)20-23-16(24)14-7-13(21-22-14)11-3-1-10(8-18)2-4-11/h1-7,9,20H,(H,21,22)(H,23,24). The maximum Gasteiger partial charge on any atom is 0.287 e. The first-order valence-corrected chi connectivity index (χ1v) is 6.89. The molecule has 0 radical (unpaired) electrons. The molecule has 1 amide bonds. The lowest BCUT2D eigenvalue weighted by molar-refractivity contribution is 0.0957. The van der Waals surface area contributed by atoms with Crippen molar-refractivity contribution in [3.63, 3.8) is 0 Å². The number of rotatable bonds is 4. The number of carbonyl (C=O) groups excluding carboxylic acids is 1. The molecule has 3 rings (SSSR count). The lowest BCUT2D eigenvalue weighted by Crippen LogP contribution is -2.29. The van der Waals surface area contributed by atoms with Crippen LogP contribution in [0.4, 0.5) is 10.1 Å². The number of halogens is 1. The van der Waals surface area contributed by atoms with Crippen molar-refractivity contribution in [1.29, 1.82) is 5.26 Å². The third-order valence-corrected chi connectivity index (χ3v) is 3.18. The van der Waals surface area contributed by atoms with E-state index in [4.69, 9.17) is 5.26 Å². The summed E-state index contributed by atoms with van der Waals surface area (Å²) >= 11 is 0. The third-order valence-electron chi connectivity index (χ3n) is 3.18. The zero-order chi connectivity index (χ0) is 16.9. The van der Waals surface area contributed by atoms with Crippen LogP contribution in [0.3, 0.4) is 0 Å². The fraction of sp³-hybridized carbons (Fsp3) is 0. The summed E-state index contributed by atoms with van der Waals surface area (Å²) < 4.78 is 12.7. The average Bonchev–Trinajstić information content (AvgIpc) is 3.11. The van der Waals surface area contributed by atoms with Crippen LogP contribution in [0.5, 0.6) is 0 Å². The van der Waals surface area contributed by atoms with E-state index in [0.29, 0.717) is 16.9 Å². The van der Waals surface area contributed by atoms with Crippen molar-refractivity contribution in [2.75, 3.05) is 5.43 Å². The van der Waals surface area contributed by atoms with Crippen LogP contribution in [0, 0.1) is 17.3 Å². The number of anilines is 1. The molecule has 3 aromatic rings. The van der Waals surface area contributed by atoms with Gasteiger partial charge in [-0.3, -0.25) is 20.7 Å². The van der Waals surface area contributed by atoms with Crippen molar-refractivity contribution in [2.24, 2.45) is 0 Å². The minimum Gasteiger partial charge on any atom is -0.297 e. The van der Waals surface area contributed by atoms with Gasteiger partial charge in [0.25, 0.3) is 5.91 Å². The maximum atomic E-state index is 12.7. The van der Waals surface area contributed by atoms with Crippen molar-refractivity contribution in [1.82, 2.24) is 20.6 Å². The Kier molecular flexibility index (Phi) is 4.16. The van der Waals surface area contributed by atoms with Crippen molar-refractivity contribution in [3.8, 4) is 17.3 Å². The summed E-state index contributed by atoms with van der Waals surface area (Å²) in [7, 11) is 0. The maximum absolute atomic E-state index is 12.7. The Morgan fingerprint density at radius 1 is 1.21 bits per heavy atom. The molecule has 0 saturated heterocycles. The number of aromatic amines is 1. The van der Waals surface area contributed by atoms with Gasteiger partial charge >= 0.3 is 0 Å². The Bertz CT molecular complexity index is 896. The summed E-state index contributed by atoms with van der Waals surface area (Å²) in [6.07, 6.45) is 1.25. The van der Waals surface area contributed by atoms with Gasteiger partial charge in [0.2, 0.25) is 5.95 Å². The molecule has 0 aliphatic heterocycles. The van der Waals surface area contributed by atoms with Crippen molar-refractivity contribution >= 4 is 11.6 Å². The smallest absolute Gasteiger partial charge is 0.287 e. The van der Waals surface area contributed by atoms with E-state index in [0.717, 1.165) is 5.56 Å². The Morgan fingerprint density at radius 3 is 2.67 bits per heavy atom. The first-order chi connectivity index (χ1) is 11.7. The predicted octanol–water partition coefficient (Wildman–Crippen LogP) is 2.24. The number of aromatic nitrogens is 3. The SMILES string of the molecule is N#Cc1ccc(-c2cc(C(=O)NNc3ccc(F)nc3)[nH]n2)cc1. The van der Waals surface area contributed by atoms with E-state index in [1.54, 1.807) is 30.3 Å². The molecule has 8 heteroatoms. The Balaban J connectivity index is 1.66. The molecule has 7 nitrogen and oxygen atoms in total. The zero-order valence-electron chi connectivity index (χ0n) is 12.2. The van der Waals surface area contributed by atoms with Crippen molar-refractivity contribution in [2.45, 2.75) is 0 Å². The fourth-order valence-electron chi connectivity index (χ4n) is 1.95. The monoisotopic (exact) mass is 322 g/mol. The summed E-state index contributed by atoms with van der Waals surface area (Å²) in [6.45, 7) is 0. The minimum absolute atomic E-state index is 0.247. The summed E-state index contributed by atoms with van der Waals surface area (Å²) in [6, 6.07) is 13.1. The molecule has 24 heavy (non-hydrogen) atoms. The first-order valence-electron chi connectivity index (χ1n) is 6.89. The highest BCUT2D eigenvalue weighted by atomic mass is 19.1. The molecular weight excluding hydrogens is 311 g/mol. The molecule has 118 valence electrons. The third kappa shape index (κ3) is 3.36. The Labute approximate surface area is 136 Å². The molecular formula is C16H11FN6O. The number of benzene rings is 1. The molecule has 0 fully saturated rings. The van der Waals surface area contributed by atoms with Crippen LogP contribution in [0.25, 0.3) is 11.3 Å². The number of nitrogens with one attached hydrogen (secondary N) is 3. The quantitative estimate of drug-likeness (QED) is 0.504. The fourth-order valence-corrected chi connectivity index (χ4v) is 1.95. The van der Waals surface area contributed by atoms with E-state index in [2.05, 4.69) is 26.0 Å². The topological polar surface area (TPSA) is 106 Å². The van der Waals surface area contributed by atoms with Gasteiger partial charge in [0, 0.05) is 5.56 Å². The second-order valence-corrected chi connectivity index (χ2v) is 4.80. The van der Waals surface area contributed by atoms with Gasteiger partial charge in [-0.25, -0.2) is 4.98 Å². The van der Waals surface area contributed by atoms with Crippen LogP contribution < -0.4 is 10.9 Å². The van der Waals surface area contributed by atoms with Gasteiger partial charge in [0.15, 0.2) is 0 Å². The number of carbonyl (C=O) groups is 1. The number of pyridine rings is 1. The van der Waals surface area contributed by atoms with Gasteiger partial charge < -0.3 is 0 Å². The highest BCUT2D eigenvalue weighted by molar-refractivity contribution is 5.94.